The van der Waals surface area contributed by atoms with Crippen molar-refractivity contribution in [1.82, 2.24) is 0 Å². The van der Waals surface area contributed by atoms with Crippen molar-refractivity contribution in [3.05, 3.63) is 35.6 Å². The molecule has 0 atom stereocenters. The van der Waals surface area contributed by atoms with Crippen molar-refractivity contribution >= 4 is 29.3 Å². The predicted octanol–water partition coefficient (Wildman–Crippen LogP) is 4.79. The van der Waals surface area contributed by atoms with E-state index in [-0.39, 0.29) is 11.8 Å². The van der Waals surface area contributed by atoms with Crippen LogP contribution in [0, 0.1) is 11.2 Å². The van der Waals surface area contributed by atoms with E-state index >= 15 is 0 Å². The average molecular weight is 400 g/mol. The van der Waals surface area contributed by atoms with Crippen molar-refractivity contribution < 1.29 is 23.2 Å². The quantitative estimate of drug-likeness (QED) is 0.422. The molecule has 0 aromatic heterocycles. The van der Waals surface area contributed by atoms with Crippen LogP contribution >= 0.6 is 0 Å². The number of carbonyl (C=O) groups excluding carboxylic acids is 1. The third-order valence-corrected chi connectivity index (χ3v) is 5.85. The summed E-state index contributed by atoms with van der Waals surface area (Å²) in [5.74, 6) is -0.351. The first kappa shape index (κ1) is 21.8. The van der Waals surface area contributed by atoms with E-state index in [1.54, 1.807) is 32.9 Å². The van der Waals surface area contributed by atoms with Gasteiger partial charge in [0, 0.05) is 5.39 Å². The lowest BCUT2D eigenvalue weighted by Gasteiger charge is -2.32. The Kier molecular flexibility index (Phi) is 5.33. The Hall–Kier alpha value is -1.92. The maximum absolute atomic E-state index is 14.5. The number of esters is 1. The van der Waals surface area contributed by atoms with Gasteiger partial charge in [-0.05, 0) is 83.4 Å². The second-order valence-electron chi connectivity index (χ2n) is 9.72. The molecule has 3 rings (SSSR count). The Balaban J connectivity index is 2.17. The number of rotatable bonds is 3. The van der Waals surface area contributed by atoms with Crippen molar-refractivity contribution in [2.24, 2.45) is 5.41 Å². The molecule has 1 heterocycles. The van der Waals surface area contributed by atoms with Crippen LogP contribution in [-0.4, -0.2) is 24.3 Å². The first-order chi connectivity index (χ1) is 13.3. The van der Waals surface area contributed by atoms with Crippen LogP contribution in [0.3, 0.4) is 0 Å². The molecule has 1 aliphatic heterocycles. The minimum Gasteiger partial charge on any atom is -0.425 e. The molecule has 2 aromatic carbocycles. The molecule has 0 aliphatic carbocycles. The van der Waals surface area contributed by atoms with E-state index in [2.05, 4.69) is 0 Å². The molecule has 4 nitrogen and oxygen atoms in total. The monoisotopic (exact) mass is 400 g/mol. The van der Waals surface area contributed by atoms with Crippen molar-refractivity contribution in [3.63, 3.8) is 0 Å². The number of ether oxygens (including phenoxy) is 1. The molecule has 1 fully saturated rings. The van der Waals surface area contributed by atoms with E-state index in [0.717, 1.165) is 10.8 Å². The second kappa shape index (κ2) is 7.10. The van der Waals surface area contributed by atoms with Crippen LogP contribution in [0.25, 0.3) is 10.8 Å². The Morgan fingerprint density at radius 2 is 1.69 bits per heavy atom. The van der Waals surface area contributed by atoms with Crippen molar-refractivity contribution in [2.45, 2.75) is 73.0 Å². The normalized spacial score (nSPS) is 18.3. The fourth-order valence-corrected chi connectivity index (χ4v) is 3.29. The topological polar surface area (TPSA) is 44.8 Å². The van der Waals surface area contributed by atoms with Crippen LogP contribution in [0.2, 0.25) is 0 Å². The lowest BCUT2D eigenvalue weighted by Crippen LogP contribution is -2.41. The molecule has 156 valence electrons. The van der Waals surface area contributed by atoms with E-state index in [0.29, 0.717) is 23.1 Å². The number of fused-ring (bicyclic) bond motifs is 1. The average Bonchev–Trinajstić information content (AvgIpc) is 2.81. The van der Waals surface area contributed by atoms with E-state index < -0.39 is 23.7 Å². The summed E-state index contributed by atoms with van der Waals surface area (Å²) in [6.07, 6.45) is 0.485. The molecule has 0 unspecified atom stereocenters. The van der Waals surface area contributed by atoms with Crippen LogP contribution in [0.5, 0.6) is 5.75 Å². The molecule has 0 spiro atoms. The SMILES string of the molecule is CCc1c(F)ccc2cc(B3OC(C)(C)C(C)(C)O3)cc(OC(=O)C(C)(C)C)c12. The predicted molar refractivity (Wildman–Crippen MR) is 114 cm³/mol. The molecular formula is C23H30BFO4. The van der Waals surface area contributed by atoms with Gasteiger partial charge in [-0.15, -0.1) is 0 Å². The highest BCUT2D eigenvalue weighted by Crippen LogP contribution is 2.38. The van der Waals surface area contributed by atoms with Crippen molar-refractivity contribution in [1.29, 1.82) is 0 Å². The summed E-state index contributed by atoms with van der Waals surface area (Å²) in [6, 6.07) is 6.81. The number of aryl methyl sites for hydroxylation is 1. The molecule has 0 bridgehead atoms. The van der Waals surface area contributed by atoms with Gasteiger partial charge in [-0.25, -0.2) is 4.39 Å². The number of hydrogen-bond acceptors (Lipinski definition) is 4. The summed E-state index contributed by atoms with van der Waals surface area (Å²) in [6.45, 7) is 15.2. The fraction of sp³-hybridized carbons (Fsp3) is 0.522. The summed E-state index contributed by atoms with van der Waals surface area (Å²) < 4.78 is 32.6. The van der Waals surface area contributed by atoms with Gasteiger partial charge >= 0.3 is 13.1 Å². The van der Waals surface area contributed by atoms with Gasteiger partial charge in [-0.2, -0.15) is 0 Å². The maximum atomic E-state index is 14.5. The molecule has 1 aliphatic rings. The Morgan fingerprint density at radius 3 is 2.21 bits per heavy atom. The van der Waals surface area contributed by atoms with E-state index in [1.165, 1.54) is 6.07 Å². The molecular weight excluding hydrogens is 370 g/mol. The molecule has 2 aromatic rings. The van der Waals surface area contributed by atoms with Crippen LogP contribution in [0.4, 0.5) is 4.39 Å². The minimum atomic E-state index is -0.688. The molecule has 0 amide bonds. The van der Waals surface area contributed by atoms with Gasteiger partial charge in [0.15, 0.2) is 0 Å². The summed E-state index contributed by atoms with van der Waals surface area (Å²) >= 11 is 0. The zero-order valence-electron chi connectivity index (χ0n) is 18.6. The number of carbonyl (C=O) groups is 1. The number of benzene rings is 2. The van der Waals surface area contributed by atoms with E-state index in [4.69, 9.17) is 14.0 Å². The van der Waals surface area contributed by atoms with Gasteiger partial charge in [0.2, 0.25) is 0 Å². The molecule has 0 N–H and O–H groups in total. The Morgan fingerprint density at radius 1 is 1.10 bits per heavy atom. The highest BCUT2D eigenvalue weighted by atomic mass is 19.1. The van der Waals surface area contributed by atoms with Gasteiger partial charge in [-0.3, -0.25) is 4.79 Å². The van der Waals surface area contributed by atoms with Gasteiger partial charge < -0.3 is 14.0 Å². The van der Waals surface area contributed by atoms with Gasteiger partial charge in [-0.1, -0.05) is 19.1 Å². The summed E-state index contributed by atoms with van der Waals surface area (Å²) in [5, 5.41) is 1.40. The van der Waals surface area contributed by atoms with Crippen LogP contribution in [-0.2, 0) is 20.5 Å². The van der Waals surface area contributed by atoms with Crippen LogP contribution in [0.15, 0.2) is 24.3 Å². The first-order valence-electron chi connectivity index (χ1n) is 10.1. The lowest BCUT2D eigenvalue weighted by molar-refractivity contribution is -0.142. The van der Waals surface area contributed by atoms with Gasteiger partial charge in [0.05, 0.1) is 16.6 Å². The van der Waals surface area contributed by atoms with E-state index in [1.807, 2.05) is 40.7 Å². The van der Waals surface area contributed by atoms with Crippen LogP contribution in [0.1, 0.15) is 61.0 Å². The first-order valence-corrected chi connectivity index (χ1v) is 10.1. The summed E-state index contributed by atoms with van der Waals surface area (Å²) in [7, 11) is -0.605. The summed E-state index contributed by atoms with van der Waals surface area (Å²) in [4.78, 5) is 12.6. The molecule has 0 radical (unpaired) electrons. The van der Waals surface area contributed by atoms with Crippen LogP contribution < -0.4 is 10.2 Å². The lowest BCUT2D eigenvalue weighted by atomic mass is 9.77. The maximum Gasteiger partial charge on any atom is 0.494 e. The number of hydrogen-bond donors (Lipinski definition) is 0. The third-order valence-electron chi connectivity index (χ3n) is 5.85. The standard InChI is InChI=1S/C23H30BFO4/c1-9-16-17(25)11-10-14-12-15(24-28-22(5,6)23(7,8)29-24)13-18(19(14)16)27-20(26)21(2,3)4/h10-13H,9H2,1-8H3. The van der Waals surface area contributed by atoms with Crippen molar-refractivity contribution in [3.8, 4) is 5.75 Å². The molecule has 6 heteroatoms. The smallest absolute Gasteiger partial charge is 0.425 e. The minimum absolute atomic E-state index is 0.309. The fourth-order valence-electron chi connectivity index (χ4n) is 3.29. The third kappa shape index (κ3) is 3.93. The zero-order valence-corrected chi connectivity index (χ0v) is 18.6. The highest BCUT2D eigenvalue weighted by Gasteiger charge is 2.52. The largest absolute Gasteiger partial charge is 0.494 e. The van der Waals surface area contributed by atoms with Crippen molar-refractivity contribution in [2.75, 3.05) is 0 Å². The zero-order chi connectivity index (χ0) is 21.8. The second-order valence-corrected chi connectivity index (χ2v) is 9.72. The molecule has 0 saturated carbocycles. The van der Waals surface area contributed by atoms with E-state index in [9.17, 15) is 9.18 Å². The highest BCUT2D eigenvalue weighted by molar-refractivity contribution is 6.62. The van der Waals surface area contributed by atoms with Gasteiger partial charge in [0.25, 0.3) is 0 Å². The molecule has 1 saturated heterocycles. The Labute approximate surface area is 172 Å². The molecule has 29 heavy (non-hydrogen) atoms. The number of halogens is 1. The van der Waals surface area contributed by atoms with Gasteiger partial charge in [0.1, 0.15) is 11.6 Å². The summed E-state index contributed by atoms with van der Waals surface area (Å²) in [5.41, 5.74) is -0.411. The Bertz CT molecular complexity index is 943.